The highest BCUT2D eigenvalue weighted by Crippen LogP contribution is 2.31. The van der Waals surface area contributed by atoms with E-state index < -0.39 is 28.4 Å². The van der Waals surface area contributed by atoms with Crippen molar-refractivity contribution in [2.75, 3.05) is 11.5 Å². The maximum absolute atomic E-state index is 12.3. The summed E-state index contributed by atoms with van der Waals surface area (Å²) in [6.45, 7) is 0. The number of nitrogen functional groups attached to an aromatic ring is 2. The van der Waals surface area contributed by atoms with E-state index in [9.17, 15) is 18.9 Å². The number of nitrogens with two attached hydrogens (primary N) is 2. The third-order valence-corrected chi connectivity index (χ3v) is 1.50. The van der Waals surface area contributed by atoms with Gasteiger partial charge in [-0.15, -0.1) is 0 Å². The van der Waals surface area contributed by atoms with Crippen molar-refractivity contribution < 1.29 is 13.7 Å². The number of nitrogens with zero attached hydrogens (tertiary/aromatic N) is 2. The second-order valence-electron chi connectivity index (χ2n) is 2.43. The Morgan fingerprint density at radius 2 is 2.07 bits per heavy atom. The van der Waals surface area contributed by atoms with E-state index in [0.29, 0.717) is 0 Å². The zero-order chi connectivity index (χ0) is 10.9. The summed E-state index contributed by atoms with van der Waals surface area (Å²) in [5, 5.41) is 10.3. The van der Waals surface area contributed by atoms with E-state index in [4.69, 9.17) is 11.5 Å². The summed E-state index contributed by atoms with van der Waals surface area (Å²) in [7, 11) is 0. The molecule has 14 heavy (non-hydrogen) atoms. The van der Waals surface area contributed by atoms with Gasteiger partial charge in [-0.05, 0) is 9.91 Å². The van der Waals surface area contributed by atoms with Gasteiger partial charge in [-0.2, -0.15) is 0 Å². The monoisotopic (exact) mass is 204 g/mol. The summed E-state index contributed by atoms with van der Waals surface area (Å²) in [6.07, 6.45) is -2.92. The molecule has 0 radical (unpaired) electrons. The quantitative estimate of drug-likeness (QED) is 0.553. The molecule has 0 unspecified atom stereocenters. The Morgan fingerprint density at radius 3 is 2.50 bits per heavy atom. The minimum Gasteiger partial charge on any atom is -0.391 e. The molecule has 1 aromatic heterocycles. The molecule has 0 aromatic carbocycles. The Hall–Kier alpha value is -1.99. The highest BCUT2D eigenvalue weighted by atomic mass is 19.3. The third-order valence-electron chi connectivity index (χ3n) is 1.50. The van der Waals surface area contributed by atoms with Crippen LogP contribution in [-0.2, 0) is 0 Å². The largest absolute Gasteiger partial charge is 0.391 e. The lowest BCUT2D eigenvalue weighted by Gasteiger charge is -2.04. The Balaban J connectivity index is 3.40. The number of hydrogen-bond donors (Lipinski definition) is 2. The fraction of sp³-hybridized carbons (Fsp3) is 0.167. The maximum Gasteiger partial charge on any atom is 0.389 e. The summed E-state index contributed by atoms with van der Waals surface area (Å²) in [6, 6.07) is 0.812. The third kappa shape index (κ3) is 1.68. The van der Waals surface area contributed by atoms with Crippen LogP contribution in [0.2, 0.25) is 0 Å². The molecule has 0 saturated heterocycles. The predicted octanol–water partition coefficient (Wildman–Crippen LogP) is 1.09. The zero-order valence-electron chi connectivity index (χ0n) is 6.78. The lowest BCUT2D eigenvalue weighted by atomic mass is 10.2. The van der Waals surface area contributed by atoms with Gasteiger partial charge < -0.3 is 21.6 Å². The molecule has 76 valence electrons. The molecule has 0 aliphatic heterocycles. The van der Waals surface area contributed by atoms with Gasteiger partial charge in [0, 0.05) is 6.07 Å². The van der Waals surface area contributed by atoms with Crippen molar-refractivity contribution in [2.45, 2.75) is 6.43 Å². The summed E-state index contributed by atoms with van der Waals surface area (Å²) in [5.41, 5.74) is 8.88. The van der Waals surface area contributed by atoms with Crippen molar-refractivity contribution >= 4 is 17.3 Å². The molecule has 1 heterocycles. The number of aromatic nitrogens is 1. The van der Waals surface area contributed by atoms with Crippen LogP contribution in [-0.4, -0.2) is 9.91 Å². The molecule has 0 saturated carbocycles. The van der Waals surface area contributed by atoms with Crippen LogP contribution in [0.5, 0.6) is 0 Å². The van der Waals surface area contributed by atoms with Gasteiger partial charge in [0.05, 0.1) is 5.56 Å². The van der Waals surface area contributed by atoms with E-state index in [1.54, 1.807) is 0 Å². The van der Waals surface area contributed by atoms with Crippen molar-refractivity contribution in [3.8, 4) is 0 Å². The Morgan fingerprint density at radius 1 is 1.50 bits per heavy atom. The molecule has 4 N–H and O–H groups in total. The van der Waals surface area contributed by atoms with Gasteiger partial charge in [-0.25, -0.2) is 8.78 Å². The first-order valence-electron chi connectivity index (χ1n) is 3.42. The summed E-state index contributed by atoms with van der Waals surface area (Å²) >= 11 is 0. The first-order valence-corrected chi connectivity index (χ1v) is 3.42. The molecule has 0 aliphatic rings. The average molecular weight is 204 g/mol. The van der Waals surface area contributed by atoms with E-state index in [-0.39, 0.29) is 5.82 Å². The van der Waals surface area contributed by atoms with Gasteiger partial charge in [-0.1, -0.05) is 0 Å². The number of rotatable bonds is 2. The predicted molar refractivity (Wildman–Crippen MR) is 44.7 cm³/mol. The molecule has 6 nitrogen and oxygen atoms in total. The maximum atomic E-state index is 12.3. The molecule has 0 spiro atoms. The van der Waals surface area contributed by atoms with Gasteiger partial charge in [-0.3, -0.25) is 0 Å². The van der Waals surface area contributed by atoms with Crippen LogP contribution in [0.1, 0.15) is 12.0 Å². The van der Waals surface area contributed by atoms with E-state index in [1.165, 1.54) is 0 Å². The highest BCUT2D eigenvalue weighted by Gasteiger charge is 2.23. The molecular weight excluding hydrogens is 198 g/mol. The van der Waals surface area contributed by atoms with Crippen molar-refractivity contribution in [2.24, 2.45) is 0 Å². The van der Waals surface area contributed by atoms with Gasteiger partial charge in [0.2, 0.25) is 5.82 Å². The van der Waals surface area contributed by atoms with Crippen LogP contribution in [0.15, 0.2) is 6.07 Å². The Kier molecular flexibility index (Phi) is 2.45. The van der Waals surface area contributed by atoms with Crippen molar-refractivity contribution in [3.63, 3.8) is 0 Å². The SMILES string of the molecule is Nc1cc(C(F)F)c(N)c([N+](=O)[O-])n1. The standard InChI is InChI=1S/C6H6F2N4O2/c7-5(8)2-1-3(9)11-6(4(2)10)12(13)14/h1,5H,10H2,(H2,9,11). The molecule has 1 rings (SSSR count). The number of halogens is 2. The average Bonchev–Trinajstić information content (AvgIpc) is 2.07. The van der Waals surface area contributed by atoms with E-state index in [2.05, 4.69) is 4.98 Å². The van der Waals surface area contributed by atoms with E-state index in [1.807, 2.05) is 0 Å². The fourth-order valence-corrected chi connectivity index (χ4v) is 0.901. The lowest BCUT2D eigenvalue weighted by Crippen LogP contribution is -2.05. The Bertz CT molecular complexity index is 382. The number of hydrogen-bond acceptors (Lipinski definition) is 5. The first-order chi connectivity index (χ1) is 6.43. The normalized spacial score (nSPS) is 10.5. The summed E-state index contributed by atoms with van der Waals surface area (Å²) in [4.78, 5) is 12.6. The van der Waals surface area contributed by atoms with Crippen LogP contribution >= 0.6 is 0 Å². The van der Waals surface area contributed by atoms with Crippen molar-refractivity contribution in [3.05, 3.63) is 21.7 Å². The molecule has 8 heteroatoms. The number of anilines is 2. The van der Waals surface area contributed by atoms with Crippen LogP contribution in [0, 0.1) is 10.1 Å². The molecular formula is C6H6F2N4O2. The van der Waals surface area contributed by atoms with E-state index in [0.717, 1.165) is 6.07 Å². The second-order valence-corrected chi connectivity index (χ2v) is 2.43. The van der Waals surface area contributed by atoms with Crippen molar-refractivity contribution in [1.82, 2.24) is 4.98 Å². The first kappa shape index (κ1) is 10.1. The Labute approximate surface area is 76.7 Å². The topological polar surface area (TPSA) is 108 Å². The number of alkyl halides is 2. The van der Waals surface area contributed by atoms with Gasteiger partial charge in [0.1, 0.15) is 5.69 Å². The van der Waals surface area contributed by atoms with Crippen LogP contribution < -0.4 is 11.5 Å². The fourth-order valence-electron chi connectivity index (χ4n) is 0.901. The minimum absolute atomic E-state index is 0.360. The number of pyridine rings is 1. The summed E-state index contributed by atoms with van der Waals surface area (Å²) < 4.78 is 24.5. The lowest BCUT2D eigenvalue weighted by molar-refractivity contribution is -0.388. The van der Waals surface area contributed by atoms with Gasteiger partial charge >= 0.3 is 5.82 Å². The minimum atomic E-state index is -2.92. The molecule has 0 fully saturated rings. The zero-order valence-corrected chi connectivity index (χ0v) is 6.78. The van der Waals surface area contributed by atoms with E-state index >= 15 is 0 Å². The van der Waals surface area contributed by atoms with Crippen LogP contribution in [0.4, 0.5) is 26.1 Å². The highest BCUT2D eigenvalue weighted by molar-refractivity contribution is 5.63. The smallest absolute Gasteiger partial charge is 0.389 e. The van der Waals surface area contributed by atoms with Crippen molar-refractivity contribution in [1.29, 1.82) is 0 Å². The molecule has 0 aliphatic carbocycles. The van der Waals surface area contributed by atoms with Crippen LogP contribution in [0.25, 0.3) is 0 Å². The van der Waals surface area contributed by atoms with Crippen LogP contribution in [0.3, 0.4) is 0 Å². The van der Waals surface area contributed by atoms with Gasteiger partial charge in [0.15, 0.2) is 0 Å². The molecule has 1 aromatic rings. The molecule has 0 bridgehead atoms. The molecule has 0 atom stereocenters. The summed E-state index contributed by atoms with van der Waals surface area (Å²) in [5.74, 6) is -1.21. The molecule has 0 amide bonds. The number of nitro groups is 1. The van der Waals surface area contributed by atoms with Gasteiger partial charge in [0.25, 0.3) is 6.43 Å². The second kappa shape index (κ2) is 3.40.